The van der Waals surface area contributed by atoms with Crippen molar-refractivity contribution in [2.24, 2.45) is 11.7 Å². The van der Waals surface area contributed by atoms with Crippen LogP contribution in [0.25, 0.3) is 0 Å². The lowest BCUT2D eigenvalue weighted by Crippen LogP contribution is -2.41. The number of benzene rings is 2. The highest BCUT2D eigenvalue weighted by Crippen LogP contribution is 2.47. The van der Waals surface area contributed by atoms with Crippen molar-refractivity contribution in [3.8, 4) is 6.07 Å². The molecular formula is C19H16F2N4O. The molecule has 2 aliphatic rings. The van der Waals surface area contributed by atoms with Crippen LogP contribution >= 0.6 is 0 Å². The Morgan fingerprint density at radius 3 is 2.54 bits per heavy atom. The third-order valence-corrected chi connectivity index (χ3v) is 4.91. The van der Waals surface area contributed by atoms with Gasteiger partial charge >= 0.3 is 0 Å². The van der Waals surface area contributed by atoms with Crippen LogP contribution in [0.1, 0.15) is 23.1 Å². The van der Waals surface area contributed by atoms with E-state index in [9.17, 15) is 14.0 Å². The van der Waals surface area contributed by atoms with Crippen LogP contribution in [0.4, 0.5) is 8.78 Å². The van der Waals surface area contributed by atoms with Crippen molar-refractivity contribution in [1.82, 2.24) is 10.9 Å². The third-order valence-electron chi connectivity index (χ3n) is 4.91. The van der Waals surface area contributed by atoms with E-state index in [1.54, 1.807) is 0 Å². The van der Waals surface area contributed by atoms with Crippen molar-refractivity contribution in [2.75, 3.05) is 0 Å². The minimum atomic E-state index is -0.713. The summed E-state index contributed by atoms with van der Waals surface area (Å²) in [5, 5.41) is 9.61. The molecular weight excluding hydrogens is 338 g/mol. The van der Waals surface area contributed by atoms with Crippen LogP contribution in [0.3, 0.4) is 0 Å². The molecule has 2 aromatic carbocycles. The van der Waals surface area contributed by atoms with Gasteiger partial charge in [0.05, 0.1) is 11.6 Å². The molecule has 2 aliphatic heterocycles. The van der Waals surface area contributed by atoms with Gasteiger partial charge in [0.1, 0.15) is 17.7 Å². The molecule has 1 fully saturated rings. The number of hydrazine groups is 1. The monoisotopic (exact) mass is 354 g/mol. The average molecular weight is 354 g/mol. The highest BCUT2D eigenvalue weighted by Gasteiger charge is 2.49. The summed E-state index contributed by atoms with van der Waals surface area (Å²) in [5.41, 5.74) is 13.4. The van der Waals surface area contributed by atoms with Crippen LogP contribution in [-0.4, -0.2) is 6.23 Å². The van der Waals surface area contributed by atoms with Crippen molar-refractivity contribution < 1.29 is 13.5 Å². The Labute approximate surface area is 149 Å². The highest BCUT2D eigenvalue weighted by molar-refractivity contribution is 5.43. The summed E-state index contributed by atoms with van der Waals surface area (Å²) in [6, 6.07) is 14.7. The molecule has 0 bridgehead atoms. The predicted octanol–water partition coefficient (Wildman–Crippen LogP) is 2.56. The molecule has 4 rings (SSSR count). The Hall–Kier alpha value is -2.95. The van der Waals surface area contributed by atoms with Crippen LogP contribution in [0, 0.1) is 28.9 Å². The first-order valence-electron chi connectivity index (χ1n) is 8.17. The third kappa shape index (κ3) is 2.60. The number of allylic oxidation sites excluding steroid dienone is 1. The number of nitriles is 1. The summed E-state index contributed by atoms with van der Waals surface area (Å²) in [6.07, 6.45) is -0.549. The first-order valence-corrected chi connectivity index (χ1v) is 8.17. The van der Waals surface area contributed by atoms with E-state index in [1.165, 1.54) is 12.1 Å². The molecule has 0 radical (unpaired) electrons. The molecule has 0 saturated carbocycles. The van der Waals surface area contributed by atoms with Gasteiger partial charge in [-0.2, -0.15) is 5.26 Å². The summed E-state index contributed by atoms with van der Waals surface area (Å²) in [6.45, 7) is 0. The molecule has 7 heteroatoms. The Kier molecular flexibility index (Phi) is 4.07. The molecule has 2 aromatic rings. The lowest BCUT2D eigenvalue weighted by Gasteiger charge is -2.36. The topological polar surface area (TPSA) is 83.1 Å². The Morgan fingerprint density at radius 1 is 1.08 bits per heavy atom. The molecule has 0 aromatic heterocycles. The van der Waals surface area contributed by atoms with Crippen LogP contribution in [-0.2, 0) is 4.74 Å². The SMILES string of the molecule is N#CC1=C(N)OC2NNC(c3ccccc3)C2C1c1ccc(F)cc1F. The van der Waals surface area contributed by atoms with E-state index in [2.05, 4.69) is 10.9 Å². The van der Waals surface area contributed by atoms with Crippen LogP contribution in [0.2, 0.25) is 0 Å². The van der Waals surface area contributed by atoms with Crippen LogP contribution in [0.5, 0.6) is 0 Å². The van der Waals surface area contributed by atoms with E-state index in [-0.39, 0.29) is 29.0 Å². The maximum absolute atomic E-state index is 14.6. The summed E-state index contributed by atoms with van der Waals surface area (Å²) in [5.74, 6) is -2.46. The second-order valence-corrected chi connectivity index (χ2v) is 6.33. The average Bonchev–Trinajstić information content (AvgIpc) is 3.05. The van der Waals surface area contributed by atoms with Gasteiger partial charge in [0.2, 0.25) is 5.88 Å². The van der Waals surface area contributed by atoms with Crippen molar-refractivity contribution >= 4 is 0 Å². The molecule has 0 amide bonds. The highest BCUT2D eigenvalue weighted by atomic mass is 19.1. The van der Waals surface area contributed by atoms with E-state index in [1.807, 2.05) is 36.4 Å². The number of hydrogen-bond donors (Lipinski definition) is 3. The number of nitrogens with zero attached hydrogens (tertiary/aromatic N) is 1. The largest absolute Gasteiger partial charge is 0.458 e. The standard InChI is InChI=1S/C19H16F2N4O/c20-11-6-7-12(14(21)8-11)15-13(9-22)18(23)26-19-16(15)17(24-25-19)10-4-2-1-3-5-10/h1-8,15-17,19,24-25H,23H2. The second kappa shape index (κ2) is 6.41. The summed E-state index contributed by atoms with van der Waals surface area (Å²) >= 11 is 0. The van der Waals surface area contributed by atoms with E-state index < -0.39 is 23.8 Å². The minimum Gasteiger partial charge on any atom is -0.458 e. The Bertz CT molecular complexity index is 910. The van der Waals surface area contributed by atoms with Gasteiger partial charge in [0.15, 0.2) is 6.23 Å². The second-order valence-electron chi connectivity index (χ2n) is 6.33. The molecule has 1 saturated heterocycles. The van der Waals surface area contributed by atoms with Gasteiger partial charge < -0.3 is 10.5 Å². The fraction of sp³-hybridized carbons (Fsp3) is 0.211. The minimum absolute atomic E-state index is 0.0505. The van der Waals surface area contributed by atoms with Crippen molar-refractivity contribution in [3.63, 3.8) is 0 Å². The van der Waals surface area contributed by atoms with Gasteiger partial charge in [-0.1, -0.05) is 36.4 Å². The maximum Gasteiger partial charge on any atom is 0.200 e. The molecule has 2 heterocycles. The maximum atomic E-state index is 14.6. The quantitative estimate of drug-likeness (QED) is 0.772. The smallest absolute Gasteiger partial charge is 0.200 e. The van der Waals surface area contributed by atoms with Gasteiger partial charge in [-0.25, -0.2) is 19.6 Å². The molecule has 132 valence electrons. The Morgan fingerprint density at radius 2 is 1.85 bits per heavy atom. The zero-order valence-electron chi connectivity index (χ0n) is 13.6. The fourth-order valence-electron chi connectivity index (χ4n) is 3.77. The number of nitrogens with one attached hydrogen (secondary N) is 2. The molecule has 5 nitrogen and oxygen atoms in total. The number of fused-ring (bicyclic) bond motifs is 1. The lowest BCUT2D eigenvalue weighted by atomic mass is 9.74. The summed E-state index contributed by atoms with van der Waals surface area (Å²) < 4.78 is 33.6. The van der Waals surface area contributed by atoms with Gasteiger partial charge in [-0.15, -0.1) is 0 Å². The zero-order chi connectivity index (χ0) is 18.3. The fourth-order valence-corrected chi connectivity index (χ4v) is 3.77. The van der Waals surface area contributed by atoms with E-state index >= 15 is 0 Å². The first kappa shape index (κ1) is 16.5. The normalized spacial score (nSPS) is 27.6. The van der Waals surface area contributed by atoms with Gasteiger partial charge in [0, 0.05) is 17.9 Å². The van der Waals surface area contributed by atoms with E-state index in [0.29, 0.717) is 0 Å². The summed E-state index contributed by atoms with van der Waals surface area (Å²) in [4.78, 5) is 0. The molecule has 4 N–H and O–H groups in total. The van der Waals surface area contributed by atoms with Gasteiger partial charge in [-0.05, 0) is 17.2 Å². The molecule has 4 atom stereocenters. The first-order chi connectivity index (χ1) is 12.6. The summed E-state index contributed by atoms with van der Waals surface area (Å²) in [7, 11) is 0. The molecule has 0 aliphatic carbocycles. The molecule has 0 spiro atoms. The van der Waals surface area contributed by atoms with Crippen molar-refractivity contribution in [2.45, 2.75) is 18.2 Å². The number of rotatable bonds is 2. The van der Waals surface area contributed by atoms with Crippen molar-refractivity contribution in [3.05, 3.63) is 82.7 Å². The predicted molar refractivity (Wildman–Crippen MR) is 89.7 cm³/mol. The van der Waals surface area contributed by atoms with Crippen LogP contribution < -0.4 is 16.6 Å². The van der Waals surface area contributed by atoms with Crippen LogP contribution in [0.15, 0.2) is 60.0 Å². The van der Waals surface area contributed by atoms with Gasteiger partial charge in [0.25, 0.3) is 0 Å². The van der Waals surface area contributed by atoms with E-state index in [4.69, 9.17) is 10.5 Å². The molecule has 4 unspecified atom stereocenters. The zero-order valence-corrected chi connectivity index (χ0v) is 13.6. The number of hydrogen-bond acceptors (Lipinski definition) is 5. The number of halogens is 2. The number of ether oxygens (including phenoxy) is 1. The number of nitrogens with two attached hydrogens (primary N) is 1. The van der Waals surface area contributed by atoms with Crippen molar-refractivity contribution in [1.29, 1.82) is 5.26 Å². The van der Waals surface area contributed by atoms with E-state index in [0.717, 1.165) is 11.6 Å². The lowest BCUT2D eigenvalue weighted by molar-refractivity contribution is 0.0336. The van der Waals surface area contributed by atoms with Gasteiger partial charge in [-0.3, -0.25) is 0 Å². The molecule has 26 heavy (non-hydrogen) atoms. The Balaban J connectivity index is 1.86.